The molecule has 1 N–H and O–H groups in total. The van der Waals surface area contributed by atoms with Gasteiger partial charge in [0.05, 0.1) is 4.91 Å². The van der Waals surface area contributed by atoms with E-state index in [9.17, 15) is 14.0 Å². The molecule has 1 fully saturated rings. The molecule has 2 amide bonds. The van der Waals surface area contributed by atoms with Crippen molar-refractivity contribution in [2.24, 2.45) is 0 Å². The first-order valence-electron chi connectivity index (χ1n) is 12.2. The highest BCUT2D eigenvalue weighted by atomic mass is 32.2. The molecule has 2 aliphatic rings. The third-order valence-electron chi connectivity index (χ3n) is 6.71. The van der Waals surface area contributed by atoms with Gasteiger partial charge < -0.3 is 14.2 Å². The van der Waals surface area contributed by atoms with Crippen LogP contribution in [0.4, 0.5) is 9.18 Å². The standard InChI is InChI=1S/C29H32FNO5S/c1-16(2)10-12-34-25-17(3)18(4)26-21(19(25)5)9-11-29(6,36-26)15-35-23-8-7-20(13-22(23)30)14-24-27(32)31-28(33)37-24/h7-8,10,13-14H,9,11-12,15H2,1-6H3,(H,31,32,33)/b24-14-. The number of amides is 2. The topological polar surface area (TPSA) is 73.9 Å². The molecule has 0 bridgehead atoms. The number of carbonyl (C=O) groups excluding carboxylic acids is 2. The van der Waals surface area contributed by atoms with Crippen LogP contribution in [0.5, 0.6) is 17.2 Å². The van der Waals surface area contributed by atoms with Gasteiger partial charge >= 0.3 is 0 Å². The number of thioether (sulfide) groups is 1. The van der Waals surface area contributed by atoms with E-state index in [-0.39, 0.29) is 17.3 Å². The number of nitrogens with one attached hydrogen (secondary N) is 1. The van der Waals surface area contributed by atoms with Gasteiger partial charge in [-0.05, 0) is 113 Å². The fourth-order valence-electron chi connectivity index (χ4n) is 4.42. The van der Waals surface area contributed by atoms with Gasteiger partial charge in [-0.2, -0.15) is 0 Å². The second-order valence-corrected chi connectivity index (χ2v) is 11.0. The van der Waals surface area contributed by atoms with E-state index in [4.69, 9.17) is 14.2 Å². The van der Waals surface area contributed by atoms with Gasteiger partial charge in [-0.1, -0.05) is 11.6 Å². The van der Waals surface area contributed by atoms with Crippen LogP contribution in [0.1, 0.15) is 55.0 Å². The molecule has 0 saturated carbocycles. The van der Waals surface area contributed by atoms with Crippen molar-refractivity contribution in [1.82, 2.24) is 5.32 Å². The van der Waals surface area contributed by atoms with E-state index in [0.717, 1.165) is 51.9 Å². The zero-order valence-corrected chi connectivity index (χ0v) is 22.9. The number of hydrogen-bond acceptors (Lipinski definition) is 6. The summed E-state index contributed by atoms with van der Waals surface area (Å²) in [6.45, 7) is 12.9. The summed E-state index contributed by atoms with van der Waals surface area (Å²) in [5.74, 6) is 0.832. The summed E-state index contributed by atoms with van der Waals surface area (Å²) in [7, 11) is 0. The van der Waals surface area contributed by atoms with Gasteiger partial charge in [0.25, 0.3) is 11.1 Å². The van der Waals surface area contributed by atoms with E-state index in [1.54, 1.807) is 6.07 Å². The number of benzene rings is 2. The van der Waals surface area contributed by atoms with Crippen LogP contribution in [0.25, 0.3) is 6.08 Å². The van der Waals surface area contributed by atoms with Gasteiger partial charge in [0.1, 0.15) is 30.3 Å². The third kappa shape index (κ3) is 5.85. The Morgan fingerprint density at radius 3 is 2.57 bits per heavy atom. The van der Waals surface area contributed by atoms with Gasteiger partial charge in [-0.15, -0.1) is 0 Å². The number of carbonyl (C=O) groups is 2. The number of ether oxygens (including phenoxy) is 3. The first kappa shape index (κ1) is 26.8. The Morgan fingerprint density at radius 2 is 1.92 bits per heavy atom. The maximum atomic E-state index is 14.8. The first-order chi connectivity index (χ1) is 17.5. The fourth-order valence-corrected chi connectivity index (χ4v) is 5.10. The van der Waals surface area contributed by atoms with Crippen molar-refractivity contribution < 1.29 is 28.2 Å². The number of halogens is 1. The number of imide groups is 1. The fraction of sp³-hybridized carbons (Fsp3) is 0.379. The monoisotopic (exact) mass is 525 g/mol. The Bertz CT molecular complexity index is 1330. The Kier molecular flexibility index (Phi) is 7.69. The molecule has 2 aliphatic heterocycles. The third-order valence-corrected chi connectivity index (χ3v) is 7.52. The highest BCUT2D eigenvalue weighted by Crippen LogP contribution is 2.44. The molecule has 0 radical (unpaired) electrons. The quantitative estimate of drug-likeness (QED) is 0.325. The summed E-state index contributed by atoms with van der Waals surface area (Å²) in [6.07, 6.45) is 5.05. The molecule has 1 atom stereocenters. The Hall–Kier alpha value is -3.26. The molecule has 4 rings (SSSR count). The van der Waals surface area contributed by atoms with Crippen LogP contribution in [0.3, 0.4) is 0 Å². The second kappa shape index (κ2) is 10.6. The lowest BCUT2D eigenvalue weighted by Gasteiger charge is -2.38. The Balaban J connectivity index is 1.48. The summed E-state index contributed by atoms with van der Waals surface area (Å²) in [5, 5.41) is 1.75. The van der Waals surface area contributed by atoms with Crippen molar-refractivity contribution in [1.29, 1.82) is 0 Å². The van der Waals surface area contributed by atoms with Crippen molar-refractivity contribution in [2.45, 2.75) is 60.0 Å². The normalized spacial score (nSPS) is 19.8. The summed E-state index contributed by atoms with van der Waals surface area (Å²) >= 11 is 0.791. The van der Waals surface area contributed by atoms with E-state index < -0.39 is 22.6 Å². The van der Waals surface area contributed by atoms with E-state index in [0.29, 0.717) is 18.6 Å². The minimum Gasteiger partial charge on any atom is -0.489 e. The molecule has 196 valence electrons. The van der Waals surface area contributed by atoms with Crippen molar-refractivity contribution in [3.8, 4) is 17.2 Å². The lowest BCUT2D eigenvalue weighted by molar-refractivity contribution is -0.115. The van der Waals surface area contributed by atoms with Crippen LogP contribution in [0, 0.1) is 26.6 Å². The largest absolute Gasteiger partial charge is 0.489 e. The van der Waals surface area contributed by atoms with Gasteiger partial charge in [0.15, 0.2) is 11.6 Å². The molecule has 0 spiro atoms. The number of fused-ring (bicyclic) bond motifs is 1. The van der Waals surface area contributed by atoms with Crippen molar-refractivity contribution in [3.63, 3.8) is 0 Å². The number of rotatable bonds is 7. The minimum atomic E-state index is -0.632. The number of hydrogen-bond donors (Lipinski definition) is 1. The predicted molar refractivity (Wildman–Crippen MR) is 144 cm³/mol. The second-order valence-electron chi connectivity index (χ2n) is 9.99. The lowest BCUT2D eigenvalue weighted by Crippen LogP contribution is -2.42. The molecule has 0 aliphatic carbocycles. The summed E-state index contributed by atoms with van der Waals surface area (Å²) in [6, 6.07) is 4.46. The van der Waals surface area contributed by atoms with Crippen LogP contribution in [0.15, 0.2) is 34.8 Å². The SMILES string of the molecule is CC(C)=CCOc1c(C)c(C)c2c(c1C)CCC(C)(COc1ccc(/C=C3\SC(=O)NC3=O)cc1F)O2. The average molecular weight is 526 g/mol. The van der Waals surface area contributed by atoms with E-state index >= 15 is 0 Å². The predicted octanol–water partition coefficient (Wildman–Crippen LogP) is 6.58. The Labute approximate surface area is 221 Å². The van der Waals surface area contributed by atoms with Gasteiger partial charge in [0.2, 0.25) is 0 Å². The molecule has 1 unspecified atom stereocenters. The summed E-state index contributed by atoms with van der Waals surface area (Å²) in [5.41, 5.74) is 5.37. The zero-order valence-electron chi connectivity index (χ0n) is 22.0. The van der Waals surface area contributed by atoms with Crippen molar-refractivity contribution >= 4 is 29.0 Å². The molecule has 1 saturated heterocycles. The number of allylic oxidation sites excluding steroid dienone is 1. The molecule has 2 aromatic carbocycles. The zero-order chi connectivity index (χ0) is 26.9. The van der Waals surface area contributed by atoms with Crippen molar-refractivity contribution in [2.75, 3.05) is 13.2 Å². The van der Waals surface area contributed by atoms with Gasteiger partial charge in [-0.3, -0.25) is 14.9 Å². The van der Waals surface area contributed by atoms with Gasteiger partial charge in [0, 0.05) is 5.56 Å². The van der Waals surface area contributed by atoms with Crippen LogP contribution in [-0.4, -0.2) is 30.0 Å². The molecule has 2 aromatic rings. The molecule has 8 heteroatoms. The molecule has 37 heavy (non-hydrogen) atoms. The van der Waals surface area contributed by atoms with E-state index in [2.05, 4.69) is 18.3 Å². The molecular formula is C29H32FNO5S. The van der Waals surface area contributed by atoms with E-state index in [1.165, 1.54) is 23.8 Å². The first-order valence-corrected chi connectivity index (χ1v) is 13.0. The average Bonchev–Trinajstić information content (AvgIpc) is 3.15. The molecule has 0 aromatic heterocycles. The lowest BCUT2D eigenvalue weighted by atomic mass is 9.87. The highest BCUT2D eigenvalue weighted by Gasteiger charge is 2.36. The van der Waals surface area contributed by atoms with E-state index in [1.807, 2.05) is 34.6 Å². The van der Waals surface area contributed by atoms with Gasteiger partial charge in [-0.25, -0.2) is 4.39 Å². The molecule has 2 heterocycles. The minimum absolute atomic E-state index is 0.101. The van der Waals surface area contributed by atoms with Crippen LogP contribution in [-0.2, 0) is 11.2 Å². The smallest absolute Gasteiger partial charge is 0.290 e. The maximum Gasteiger partial charge on any atom is 0.290 e. The van der Waals surface area contributed by atoms with Crippen LogP contribution in [0.2, 0.25) is 0 Å². The van der Waals surface area contributed by atoms with Crippen LogP contribution >= 0.6 is 11.8 Å². The highest BCUT2D eigenvalue weighted by molar-refractivity contribution is 8.18. The van der Waals surface area contributed by atoms with Crippen LogP contribution < -0.4 is 19.5 Å². The molecular weight excluding hydrogens is 493 g/mol. The molecule has 6 nitrogen and oxygen atoms in total. The maximum absolute atomic E-state index is 14.8. The van der Waals surface area contributed by atoms with Crippen molar-refractivity contribution in [3.05, 3.63) is 68.4 Å². The Morgan fingerprint density at radius 1 is 1.16 bits per heavy atom. The summed E-state index contributed by atoms with van der Waals surface area (Å²) < 4.78 is 33.3. The summed E-state index contributed by atoms with van der Waals surface area (Å²) in [4.78, 5) is 23.3.